The molecule has 8 heteroatoms. The first-order valence-corrected chi connectivity index (χ1v) is 11.2. The Bertz CT molecular complexity index is 978. The lowest BCUT2D eigenvalue weighted by atomic mass is 9.74. The van der Waals surface area contributed by atoms with Crippen molar-refractivity contribution in [3.05, 3.63) is 47.3 Å². The van der Waals surface area contributed by atoms with Gasteiger partial charge in [0, 0.05) is 43.9 Å². The molecule has 0 bridgehead atoms. The maximum atomic E-state index is 13.3. The molecule has 1 amide bonds. The summed E-state index contributed by atoms with van der Waals surface area (Å²) in [4.78, 5) is 19.1. The van der Waals surface area contributed by atoms with Crippen LogP contribution in [0, 0.1) is 19.3 Å². The second kappa shape index (κ2) is 9.73. The van der Waals surface area contributed by atoms with Gasteiger partial charge >= 0.3 is 0 Å². The molecule has 8 nitrogen and oxygen atoms in total. The number of ether oxygens (including phenoxy) is 2. The van der Waals surface area contributed by atoms with Crippen LogP contribution in [-0.2, 0) is 20.9 Å². The lowest BCUT2D eigenvalue weighted by Crippen LogP contribution is -2.47. The van der Waals surface area contributed by atoms with E-state index in [9.17, 15) is 4.79 Å². The number of carbonyl (C=O) groups is 1. The zero-order chi connectivity index (χ0) is 22.6. The summed E-state index contributed by atoms with van der Waals surface area (Å²) in [5.74, 6) is 0.842. The predicted octanol–water partition coefficient (Wildman–Crippen LogP) is 3.00. The van der Waals surface area contributed by atoms with E-state index in [1.165, 1.54) is 0 Å². The minimum atomic E-state index is -0.510. The number of benzene rings is 1. The molecule has 172 valence electrons. The third-order valence-electron chi connectivity index (χ3n) is 6.41. The Morgan fingerprint density at radius 3 is 2.78 bits per heavy atom. The molecule has 2 aliphatic rings. The third kappa shape index (κ3) is 4.80. The molecule has 2 aliphatic heterocycles. The van der Waals surface area contributed by atoms with Gasteiger partial charge in [-0.2, -0.15) is 5.10 Å². The molecule has 1 fully saturated rings. The van der Waals surface area contributed by atoms with Crippen LogP contribution in [0.1, 0.15) is 42.6 Å². The minimum Gasteiger partial charge on any atom is -0.496 e. The van der Waals surface area contributed by atoms with E-state index >= 15 is 0 Å². The molecule has 1 saturated heterocycles. The van der Waals surface area contributed by atoms with Gasteiger partial charge in [-0.25, -0.2) is 0 Å². The molecule has 0 spiro atoms. The number of aryl methyl sites for hydroxylation is 2. The molecule has 32 heavy (non-hydrogen) atoms. The van der Waals surface area contributed by atoms with Crippen molar-refractivity contribution in [2.45, 2.75) is 52.2 Å². The first-order chi connectivity index (χ1) is 15.5. The Balaban J connectivity index is 1.39. The zero-order valence-electron chi connectivity index (χ0n) is 19.1. The largest absolute Gasteiger partial charge is 0.496 e. The topological polar surface area (TPSA) is 87.0 Å². The summed E-state index contributed by atoms with van der Waals surface area (Å²) in [5.41, 5.74) is 3.37. The lowest BCUT2D eigenvalue weighted by Gasteiger charge is -2.37. The Hall–Kier alpha value is -2.87. The minimum absolute atomic E-state index is 0.0664. The predicted molar refractivity (Wildman–Crippen MR) is 121 cm³/mol. The highest BCUT2D eigenvalue weighted by Crippen LogP contribution is 2.39. The monoisotopic (exact) mass is 440 g/mol. The van der Waals surface area contributed by atoms with E-state index in [-0.39, 0.29) is 12.0 Å². The number of rotatable bonds is 8. The van der Waals surface area contributed by atoms with Crippen LogP contribution in [-0.4, -0.2) is 54.4 Å². The van der Waals surface area contributed by atoms with Gasteiger partial charge in [-0.1, -0.05) is 17.3 Å². The lowest BCUT2D eigenvalue weighted by molar-refractivity contribution is -0.140. The van der Waals surface area contributed by atoms with Crippen LogP contribution in [0.2, 0.25) is 0 Å². The molecule has 2 aromatic rings. The van der Waals surface area contributed by atoms with Crippen molar-refractivity contribution in [2.24, 2.45) is 10.6 Å². The number of para-hydroxylation sites is 1. The molecule has 4 rings (SSSR count). The van der Waals surface area contributed by atoms with Crippen molar-refractivity contribution < 1.29 is 19.1 Å². The van der Waals surface area contributed by atoms with Crippen molar-refractivity contribution in [2.75, 3.05) is 26.9 Å². The van der Waals surface area contributed by atoms with Crippen LogP contribution >= 0.6 is 0 Å². The highest BCUT2D eigenvalue weighted by molar-refractivity contribution is 6.03. The van der Waals surface area contributed by atoms with Crippen LogP contribution < -0.4 is 10.1 Å². The number of nitrogens with one attached hydrogen (secondary N) is 1. The summed E-state index contributed by atoms with van der Waals surface area (Å²) in [6.45, 7) is 6.35. The second-order valence-corrected chi connectivity index (χ2v) is 8.67. The van der Waals surface area contributed by atoms with Crippen molar-refractivity contribution in [1.82, 2.24) is 15.1 Å². The van der Waals surface area contributed by atoms with Crippen LogP contribution in [0.5, 0.6) is 5.75 Å². The molecular formula is C24H32N4O4. The summed E-state index contributed by atoms with van der Waals surface area (Å²) in [7, 11) is 1.65. The van der Waals surface area contributed by atoms with Gasteiger partial charge in [-0.3, -0.25) is 9.48 Å². The number of oxime groups is 1. The van der Waals surface area contributed by atoms with E-state index in [1.54, 1.807) is 7.11 Å². The molecular weight excluding hydrogens is 408 g/mol. The summed E-state index contributed by atoms with van der Waals surface area (Å²) >= 11 is 0. The smallest absolute Gasteiger partial charge is 0.226 e. The van der Waals surface area contributed by atoms with E-state index in [0.29, 0.717) is 52.0 Å². The molecule has 0 saturated carbocycles. The number of nitrogens with zero attached hydrogens (tertiary/aromatic N) is 3. The van der Waals surface area contributed by atoms with Gasteiger partial charge in [0.25, 0.3) is 0 Å². The molecule has 1 aromatic carbocycles. The first-order valence-electron chi connectivity index (χ1n) is 11.2. The second-order valence-electron chi connectivity index (χ2n) is 8.67. The molecule has 1 unspecified atom stereocenters. The quantitative estimate of drug-likeness (QED) is 0.682. The fraction of sp³-hybridized carbons (Fsp3) is 0.542. The van der Waals surface area contributed by atoms with E-state index in [1.807, 2.05) is 48.9 Å². The summed E-state index contributed by atoms with van der Waals surface area (Å²) in [6, 6.07) is 9.84. The van der Waals surface area contributed by atoms with Gasteiger partial charge < -0.3 is 19.6 Å². The number of methoxy groups -OCH3 is 1. The van der Waals surface area contributed by atoms with Crippen molar-refractivity contribution in [1.29, 1.82) is 0 Å². The molecule has 1 aromatic heterocycles. The first kappa shape index (κ1) is 22.3. The van der Waals surface area contributed by atoms with Crippen molar-refractivity contribution in [3.63, 3.8) is 0 Å². The SMILES string of the molecule is COc1ccccc1C1=NOC(CC2(C(=O)NCCn3nc(C)cc3C)CCOCC2)C1. The molecule has 0 aliphatic carbocycles. The highest BCUT2D eigenvalue weighted by atomic mass is 16.6. The van der Waals surface area contributed by atoms with Gasteiger partial charge in [0.2, 0.25) is 5.91 Å². The van der Waals surface area contributed by atoms with Crippen LogP contribution in [0.3, 0.4) is 0 Å². The van der Waals surface area contributed by atoms with Crippen LogP contribution in [0.4, 0.5) is 0 Å². The average Bonchev–Trinajstić information content (AvgIpc) is 3.39. The average molecular weight is 441 g/mol. The maximum Gasteiger partial charge on any atom is 0.226 e. The standard InChI is InChI=1S/C24H32N4O4/c1-17-14-18(2)28(26-17)11-10-25-23(29)24(8-12-31-13-9-24)16-19-15-21(27-32-19)20-6-4-5-7-22(20)30-3/h4-7,14,19H,8-13,15-16H2,1-3H3,(H,25,29). The van der Waals surface area contributed by atoms with Crippen LogP contribution in [0.25, 0.3) is 0 Å². The molecule has 1 atom stereocenters. The van der Waals surface area contributed by atoms with Gasteiger partial charge in [-0.15, -0.1) is 0 Å². The number of hydrogen-bond donors (Lipinski definition) is 1. The molecule has 1 N–H and O–H groups in total. The zero-order valence-corrected chi connectivity index (χ0v) is 19.1. The van der Waals surface area contributed by atoms with Crippen molar-refractivity contribution >= 4 is 11.6 Å². The molecule has 0 radical (unpaired) electrons. The summed E-state index contributed by atoms with van der Waals surface area (Å²) in [5, 5.41) is 11.9. The van der Waals surface area contributed by atoms with Gasteiger partial charge in [0.05, 0.1) is 30.5 Å². The summed E-state index contributed by atoms with van der Waals surface area (Å²) < 4.78 is 13.0. The Morgan fingerprint density at radius 2 is 2.06 bits per heavy atom. The fourth-order valence-electron chi connectivity index (χ4n) is 4.67. The van der Waals surface area contributed by atoms with E-state index < -0.39 is 5.41 Å². The van der Waals surface area contributed by atoms with E-state index in [0.717, 1.165) is 28.4 Å². The maximum absolute atomic E-state index is 13.3. The normalized spacial score (nSPS) is 19.8. The third-order valence-corrected chi connectivity index (χ3v) is 6.41. The number of hydrogen-bond acceptors (Lipinski definition) is 6. The Labute approximate surface area is 188 Å². The van der Waals surface area contributed by atoms with Crippen LogP contribution in [0.15, 0.2) is 35.5 Å². The van der Waals surface area contributed by atoms with Gasteiger partial charge in [0.1, 0.15) is 11.9 Å². The Morgan fingerprint density at radius 1 is 1.28 bits per heavy atom. The highest BCUT2D eigenvalue weighted by Gasteiger charge is 2.43. The Kier molecular flexibility index (Phi) is 6.79. The van der Waals surface area contributed by atoms with E-state index in [2.05, 4.69) is 15.6 Å². The fourth-order valence-corrected chi connectivity index (χ4v) is 4.67. The summed E-state index contributed by atoms with van der Waals surface area (Å²) in [6.07, 6.45) is 2.49. The van der Waals surface area contributed by atoms with Crippen molar-refractivity contribution in [3.8, 4) is 5.75 Å². The van der Waals surface area contributed by atoms with E-state index in [4.69, 9.17) is 14.3 Å². The van der Waals surface area contributed by atoms with Gasteiger partial charge in [-0.05, 0) is 44.9 Å². The number of amides is 1. The van der Waals surface area contributed by atoms with Gasteiger partial charge in [0.15, 0.2) is 0 Å². The molecule has 3 heterocycles. The number of carbonyl (C=O) groups excluding carboxylic acids is 1. The number of aromatic nitrogens is 2.